The van der Waals surface area contributed by atoms with Crippen molar-refractivity contribution in [2.24, 2.45) is 0 Å². The van der Waals surface area contributed by atoms with Crippen LogP contribution in [0, 0.1) is 0 Å². The maximum Gasteiger partial charge on any atom is 0.152 e. The average molecular weight is 284 g/mol. The number of anilines is 2. The van der Waals surface area contributed by atoms with Crippen LogP contribution in [0.4, 0.5) is 11.6 Å². The highest BCUT2D eigenvalue weighted by atomic mass is 32.2. The fourth-order valence-corrected chi connectivity index (χ4v) is 3.94. The van der Waals surface area contributed by atoms with Crippen molar-refractivity contribution in [3.8, 4) is 0 Å². The van der Waals surface area contributed by atoms with Crippen molar-refractivity contribution in [2.45, 2.75) is 26.3 Å². The Morgan fingerprint density at radius 3 is 2.68 bits per heavy atom. The monoisotopic (exact) mass is 284 g/mol. The van der Waals surface area contributed by atoms with Crippen molar-refractivity contribution in [1.29, 1.82) is 0 Å². The van der Waals surface area contributed by atoms with E-state index in [-0.39, 0.29) is 17.5 Å². The number of rotatable bonds is 5. The van der Waals surface area contributed by atoms with E-state index in [1.807, 2.05) is 6.07 Å². The van der Waals surface area contributed by atoms with E-state index in [2.05, 4.69) is 34.0 Å². The Hall–Kier alpha value is -1.37. The molecule has 1 unspecified atom stereocenters. The van der Waals surface area contributed by atoms with Crippen LogP contribution in [0.15, 0.2) is 12.4 Å². The lowest BCUT2D eigenvalue weighted by atomic mass is 10.2. The van der Waals surface area contributed by atoms with Crippen LogP contribution in [-0.4, -0.2) is 49.0 Å². The molecular formula is C12H20N4O2S. The molecule has 106 valence electrons. The van der Waals surface area contributed by atoms with Crippen LogP contribution in [0.2, 0.25) is 0 Å². The van der Waals surface area contributed by atoms with E-state index in [0.717, 1.165) is 18.9 Å². The fourth-order valence-electron chi connectivity index (χ4n) is 2.26. The third kappa shape index (κ3) is 3.56. The Bertz CT molecular complexity index is 528. The fraction of sp³-hybridized carbons (Fsp3) is 0.667. The van der Waals surface area contributed by atoms with Crippen LogP contribution in [0.25, 0.3) is 0 Å². The minimum absolute atomic E-state index is 0.0375. The van der Waals surface area contributed by atoms with E-state index >= 15 is 0 Å². The van der Waals surface area contributed by atoms with Gasteiger partial charge in [0.15, 0.2) is 9.84 Å². The van der Waals surface area contributed by atoms with Gasteiger partial charge in [0.1, 0.15) is 18.0 Å². The van der Waals surface area contributed by atoms with Crippen molar-refractivity contribution in [1.82, 2.24) is 9.97 Å². The Kier molecular flexibility index (Phi) is 4.24. The first kappa shape index (κ1) is 14.0. The van der Waals surface area contributed by atoms with E-state index in [1.165, 1.54) is 6.33 Å². The summed E-state index contributed by atoms with van der Waals surface area (Å²) in [7, 11) is -2.87. The zero-order valence-corrected chi connectivity index (χ0v) is 12.2. The van der Waals surface area contributed by atoms with Crippen molar-refractivity contribution in [3.63, 3.8) is 0 Å². The molecule has 1 N–H and O–H groups in total. The third-order valence-electron chi connectivity index (χ3n) is 3.32. The third-order valence-corrected chi connectivity index (χ3v) is 5.09. The first-order valence-corrected chi connectivity index (χ1v) is 8.40. The molecule has 1 aliphatic rings. The molecule has 0 amide bonds. The maximum atomic E-state index is 11.4. The van der Waals surface area contributed by atoms with Gasteiger partial charge in [-0.1, -0.05) is 0 Å². The van der Waals surface area contributed by atoms with Gasteiger partial charge < -0.3 is 10.2 Å². The number of sulfone groups is 1. The van der Waals surface area contributed by atoms with Gasteiger partial charge in [0.05, 0.1) is 11.5 Å². The Labute approximate surface area is 114 Å². The van der Waals surface area contributed by atoms with Crippen LogP contribution in [-0.2, 0) is 9.84 Å². The van der Waals surface area contributed by atoms with E-state index < -0.39 is 9.84 Å². The molecule has 0 saturated carbocycles. The van der Waals surface area contributed by atoms with Crippen LogP contribution in [0.3, 0.4) is 0 Å². The number of nitrogens with zero attached hydrogens (tertiary/aromatic N) is 3. The lowest BCUT2D eigenvalue weighted by molar-refractivity contribution is 0.602. The van der Waals surface area contributed by atoms with Crippen molar-refractivity contribution < 1.29 is 8.42 Å². The van der Waals surface area contributed by atoms with Crippen molar-refractivity contribution >= 4 is 21.5 Å². The minimum atomic E-state index is -2.87. The lowest BCUT2D eigenvalue weighted by Gasteiger charge is -2.20. The smallest absolute Gasteiger partial charge is 0.152 e. The van der Waals surface area contributed by atoms with Gasteiger partial charge in [-0.25, -0.2) is 18.4 Å². The molecule has 0 bridgehead atoms. The Morgan fingerprint density at radius 1 is 1.37 bits per heavy atom. The van der Waals surface area contributed by atoms with E-state index in [4.69, 9.17) is 0 Å². The molecule has 1 fully saturated rings. The van der Waals surface area contributed by atoms with E-state index in [0.29, 0.717) is 12.2 Å². The number of aromatic nitrogens is 2. The summed E-state index contributed by atoms with van der Waals surface area (Å²) in [6.07, 6.45) is 2.16. The second kappa shape index (κ2) is 5.73. The summed E-state index contributed by atoms with van der Waals surface area (Å²) in [5.41, 5.74) is 0. The SMILES string of the molecule is CCN(CC)c1cc(NC2CCS(=O)(=O)C2)ncn1. The van der Waals surface area contributed by atoms with Gasteiger partial charge in [-0.2, -0.15) is 0 Å². The molecule has 1 aromatic heterocycles. The molecule has 0 aliphatic carbocycles. The molecule has 0 spiro atoms. The summed E-state index contributed by atoms with van der Waals surface area (Å²) < 4.78 is 22.8. The predicted molar refractivity (Wildman–Crippen MR) is 76.3 cm³/mol. The lowest BCUT2D eigenvalue weighted by Crippen LogP contribution is -2.24. The van der Waals surface area contributed by atoms with E-state index in [1.54, 1.807) is 0 Å². The van der Waals surface area contributed by atoms with Crippen LogP contribution >= 0.6 is 0 Å². The van der Waals surface area contributed by atoms with Crippen molar-refractivity contribution in [2.75, 3.05) is 34.8 Å². The van der Waals surface area contributed by atoms with E-state index in [9.17, 15) is 8.42 Å². The predicted octanol–water partition coefficient (Wildman–Crippen LogP) is 0.922. The van der Waals surface area contributed by atoms with Crippen LogP contribution in [0.1, 0.15) is 20.3 Å². The summed E-state index contributed by atoms with van der Waals surface area (Å²) >= 11 is 0. The number of hydrogen-bond acceptors (Lipinski definition) is 6. The molecule has 1 aliphatic heterocycles. The first-order chi connectivity index (χ1) is 9.04. The molecule has 2 heterocycles. The normalized spacial score (nSPS) is 21.3. The quantitative estimate of drug-likeness (QED) is 0.866. The highest BCUT2D eigenvalue weighted by Gasteiger charge is 2.27. The van der Waals surface area contributed by atoms with Gasteiger partial charge in [0.2, 0.25) is 0 Å². The molecular weight excluding hydrogens is 264 g/mol. The summed E-state index contributed by atoms with van der Waals surface area (Å²) in [4.78, 5) is 10.5. The molecule has 0 radical (unpaired) electrons. The zero-order chi connectivity index (χ0) is 13.9. The summed E-state index contributed by atoms with van der Waals surface area (Å²) in [6, 6.07) is 1.84. The number of hydrogen-bond donors (Lipinski definition) is 1. The Morgan fingerprint density at radius 2 is 2.11 bits per heavy atom. The van der Waals surface area contributed by atoms with Crippen LogP contribution in [0.5, 0.6) is 0 Å². The minimum Gasteiger partial charge on any atom is -0.366 e. The van der Waals surface area contributed by atoms with Crippen LogP contribution < -0.4 is 10.2 Å². The highest BCUT2D eigenvalue weighted by molar-refractivity contribution is 7.91. The molecule has 19 heavy (non-hydrogen) atoms. The summed E-state index contributed by atoms with van der Waals surface area (Å²) in [5, 5.41) is 3.18. The van der Waals surface area contributed by atoms with Gasteiger partial charge in [-0.05, 0) is 20.3 Å². The molecule has 6 nitrogen and oxygen atoms in total. The van der Waals surface area contributed by atoms with Crippen molar-refractivity contribution in [3.05, 3.63) is 12.4 Å². The molecule has 1 aromatic rings. The van der Waals surface area contributed by atoms with Gasteiger partial charge in [0.25, 0.3) is 0 Å². The zero-order valence-electron chi connectivity index (χ0n) is 11.3. The first-order valence-electron chi connectivity index (χ1n) is 6.58. The molecule has 0 aromatic carbocycles. The number of nitrogens with one attached hydrogen (secondary N) is 1. The molecule has 7 heteroatoms. The average Bonchev–Trinajstić information content (AvgIpc) is 2.71. The van der Waals surface area contributed by atoms with Gasteiger partial charge in [0, 0.05) is 25.2 Å². The van der Waals surface area contributed by atoms with Gasteiger partial charge in [-0.15, -0.1) is 0 Å². The molecule has 2 rings (SSSR count). The summed E-state index contributed by atoms with van der Waals surface area (Å²) in [5.74, 6) is 2.01. The second-order valence-corrected chi connectivity index (χ2v) is 6.91. The topological polar surface area (TPSA) is 75.2 Å². The van der Waals surface area contributed by atoms with Gasteiger partial charge in [-0.3, -0.25) is 0 Å². The molecule has 1 saturated heterocycles. The second-order valence-electron chi connectivity index (χ2n) is 4.68. The van der Waals surface area contributed by atoms with Gasteiger partial charge >= 0.3 is 0 Å². The highest BCUT2D eigenvalue weighted by Crippen LogP contribution is 2.18. The largest absolute Gasteiger partial charge is 0.366 e. The summed E-state index contributed by atoms with van der Waals surface area (Å²) in [6.45, 7) is 5.90. The molecule has 1 atom stereocenters. The standard InChI is InChI=1S/C12H20N4O2S/c1-3-16(4-2)12-7-11(13-9-14-12)15-10-5-6-19(17,18)8-10/h7,9-10H,3-6,8H2,1-2H3,(H,13,14,15). The maximum absolute atomic E-state index is 11.4. The Balaban J connectivity index is 2.07.